The number of hydrogen-bond donors (Lipinski definition) is 3. The Kier molecular flexibility index (Phi) is 9.53. The Balaban J connectivity index is 1.52. The van der Waals surface area contributed by atoms with E-state index in [1.165, 1.54) is 0 Å². The Labute approximate surface area is 228 Å². The molecule has 6 nitrogen and oxygen atoms in total. The second kappa shape index (κ2) is 12.9. The molecule has 1 aliphatic heterocycles. The molecular formula is C30H39F3N4O2. The highest BCUT2D eigenvalue weighted by atomic mass is 19.4. The van der Waals surface area contributed by atoms with E-state index in [9.17, 15) is 22.8 Å². The molecule has 4 rings (SSSR count). The summed E-state index contributed by atoms with van der Waals surface area (Å²) in [6, 6.07) is 8.13. The molecule has 0 saturated heterocycles. The van der Waals surface area contributed by atoms with E-state index in [1.807, 2.05) is 25.1 Å². The maximum absolute atomic E-state index is 13.4. The first-order valence-electron chi connectivity index (χ1n) is 14.0. The molecule has 2 heterocycles. The molecule has 2 aromatic rings. The van der Waals surface area contributed by atoms with Crippen molar-refractivity contribution >= 4 is 11.6 Å². The Hall–Kier alpha value is -3.07. The van der Waals surface area contributed by atoms with Gasteiger partial charge >= 0.3 is 6.18 Å². The molecule has 0 spiro atoms. The molecule has 9 heteroatoms. The lowest BCUT2D eigenvalue weighted by atomic mass is 9.89. The lowest BCUT2D eigenvalue weighted by Gasteiger charge is -2.39. The number of amides is 1. The molecule has 1 amide bonds. The number of hydrogen-bond acceptors (Lipinski definition) is 4. The first-order valence-corrected chi connectivity index (χ1v) is 14.0. The SMILES string of the molecule is CCN(c1cccc2c1C/C=C\CCc1cc(C)[nH]c(=O)c1CNC2=O)C1CCC(NCCC(F)(F)F)CC1. The number of carbonyl (C=O) groups excluding carboxylic acids is 1. The average molecular weight is 545 g/mol. The minimum absolute atomic E-state index is 0.0418. The van der Waals surface area contributed by atoms with Crippen molar-refractivity contribution in [2.75, 3.05) is 18.0 Å². The number of H-pyrrole nitrogens is 1. The van der Waals surface area contributed by atoms with E-state index in [1.54, 1.807) is 0 Å². The third-order valence-electron chi connectivity index (χ3n) is 7.88. The van der Waals surface area contributed by atoms with Crippen LogP contribution in [-0.2, 0) is 19.4 Å². The summed E-state index contributed by atoms with van der Waals surface area (Å²) >= 11 is 0. The summed E-state index contributed by atoms with van der Waals surface area (Å²) in [5, 5.41) is 6.06. The van der Waals surface area contributed by atoms with Crippen LogP contribution in [0.25, 0.3) is 0 Å². The summed E-state index contributed by atoms with van der Waals surface area (Å²) < 4.78 is 37.6. The Morgan fingerprint density at radius 1 is 1.08 bits per heavy atom. The van der Waals surface area contributed by atoms with Gasteiger partial charge in [-0.1, -0.05) is 18.2 Å². The molecule has 1 fully saturated rings. The monoisotopic (exact) mass is 544 g/mol. The van der Waals surface area contributed by atoms with Crippen LogP contribution in [0.2, 0.25) is 0 Å². The predicted octanol–water partition coefficient (Wildman–Crippen LogP) is 5.34. The highest BCUT2D eigenvalue weighted by molar-refractivity contribution is 5.97. The largest absolute Gasteiger partial charge is 0.390 e. The predicted molar refractivity (Wildman–Crippen MR) is 148 cm³/mol. The molecule has 2 aliphatic rings. The van der Waals surface area contributed by atoms with Crippen molar-refractivity contribution in [2.24, 2.45) is 0 Å². The number of allylic oxidation sites excluding steroid dienone is 2. The minimum atomic E-state index is -4.14. The van der Waals surface area contributed by atoms with Gasteiger partial charge in [-0.15, -0.1) is 0 Å². The van der Waals surface area contributed by atoms with Crippen LogP contribution in [0.4, 0.5) is 18.9 Å². The number of carbonyl (C=O) groups is 1. The number of benzene rings is 1. The third kappa shape index (κ3) is 7.53. The van der Waals surface area contributed by atoms with Gasteiger partial charge in [0.15, 0.2) is 0 Å². The van der Waals surface area contributed by atoms with E-state index in [2.05, 4.69) is 45.7 Å². The molecule has 1 aliphatic carbocycles. The number of alkyl halides is 3. The van der Waals surface area contributed by atoms with Crippen molar-refractivity contribution in [3.8, 4) is 0 Å². The maximum atomic E-state index is 13.4. The van der Waals surface area contributed by atoms with Gasteiger partial charge in [0.1, 0.15) is 0 Å². The van der Waals surface area contributed by atoms with E-state index in [0.29, 0.717) is 17.5 Å². The number of aromatic amines is 1. The Morgan fingerprint density at radius 2 is 1.85 bits per heavy atom. The maximum Gasteiger partial charge on any atom is 0.390 e. The van der Waals surface area contributed by atoms with Gasteiger partial charge in [0.25, 0.3) is 11.5 Å². The van der Waals surface area contributed by atoms with Crippen LogP contribution in [0.1, 0.15) is 78.2 Å². The quantitative estimate of drug-likeness (QED) is 0.430. The number of fused-ring (bicyclic) bond motifs is 2. The number of nitrogens with zero attached hydrogens (tertiary/aromatic N) is 1. The number of pyridine rings is 1. The summed E-state index contributed by atoms with van der Waals surface area (Å²) in [5.41, 5.74) is 4.77. The molecule has 3 N–H and O–H groups in total. The summed E-state index contributed by atoms with van der Waals surface area (Å²) in [7, 11) is 0. The number of halogens is 3. The van der Waals surface area contributed by atoms with Gasteiger partial charge < -0.3 is 20.5 Å². The smallest absolute Gasteiger partial charge is 0.369 e. The van der Waals surface area contributed by atoms with Gasteiger partial charge in [-0.3, -0.25) is 9.59 Å². The van der Waals surface area contributed by atoms with E-state index >= 15 is 0 Å². The Bertz CT molecular complexity index is 1230. The molecule has 0 unspecified atom stereocenters. The topological polar surface area (TPSA) is 77.2 Å². The van der Waals surface area contributed by atoms with Crippen molar-refractivity contribution in [1.29, 1.82) is 0 Å². The normalized spacial score (nSPS) is 21.1. The molecule has 1 aromatic heterocycles. The van der Waals surface area contributed by atoms with Gasteiger partial charge in [-0.2, -0.15) is 13.2 Å². The van der Waals surface area contributed by atoms with Gasteiger partial charge in [0.05, 0.1) is 6.42 Å². The van der Waals surface area contributed by atoms with Crippen LogP contribution in [-0.4, -0.2) is 42.2 Å². The minimum Gasteiger partial charge on any atom is -0.369 e. The highest BCUT2D eigenvalue weighted by Crippen LogP contribution is 2.32. The fourth-order valence-electron chi connectivity index (χ4n) is 5.93. The molecule has 1 aromatic carbocycles. The number of anilines is 1. The molecular weight excluding hydrogens is 505 g/mol. The van der Waals surface area contributed by atoms with Crippen LogP contribution < -0.4 is 21.1 Å². The summed E-state index contributed by atoms with van der Waals surface area (Å²) in [5.74, 6) is -0.208. The van der Waals surface area contributed by atoms with Crippen molar-refractivity contribution < 1.29 is 18.0 Å². The molecule has 212 valence electrons. The van der Waals surface area contributed by atoms with Crippen molar-refractivity contribution in [3.63, 3.8) is 0 Å². The standard InChI is InChI=1S/C30H39F3N4O2/c1-3-37(23-14-12-22(13-15-23)34-17-16-30(31,32)33)27-11-7-10-25-24(27)9-6-4-5-8-21-18-20(2)36-29(39)26(21)19-35-28(25)38/h4,6-7,10-11,18,22-23,34H,3,5,8-9,12-17,19H2,1-2H3,(H,35,38)(H,36,39)/b6-4-. The zero-order valence-electron chi connectivity index (χ0n) is 22.8. The Morgan fingerprint density at radius 3 is 2.56 bits per heavy atom. The highest BCUT2D eigenvalue weighted by Gasteiger charge is 2.30. The van der Waals surface area contributed by atoms with E-state index < -0.39 is 12.6 Å². The first kappa shape index (κ1) is 28.9. The lowest BCUT2D eigenvalue weighted by molar-refractivity contribution is -0.133. The van der Waals surface area contributed by atoms with Crippen LogP contribution in [0, 0.1) is 6.92 Å². The van der Waals surface area contributed by atoms with Crippen LogP contribution in [0.5, 0.6) is 0 Å². The van der Waals surface area contributed by atoms with Gasteiger partial charge in [0.2, 0.25) is 0 Å². The zero-order valence-corrected chi connectivity index (χ0v) is 22.8. The summed E-state index contributed by atoms with van der Waals surface area (Å²) in [6.07, 6.45) is 4.81. The van der Waals surface area contributed by atoms with Crippen molar-refractivity contribution in [1.82, 2.24) is 15.6 Å². The molecule has 0 bridgehead atoms. The van der Waals surface area contributed by atoms with E-state index in [0.717, 1.165) is 67.6 Å². The van der Waals surface area contributed by atoms with Crippen molar-refractivity contribution in [3.05, 3.63) is 74.7 Å². The summed E-state index contributed by atoms with van der Waals surface area (Å²) in [4.78, 5) is 31.3. The van der Waals surface area contributed by atoms with Crippen LogP contribution >= 0.6 is 0 Å². The third-order valence-corrected chi connectivity index (χ3v) is 7.88. The number of aromatic nitrogens is 1. The fraction of sp³-hybridized carbons (Fsp3) is 0.533. The second-order valence-corrected chi connectivity index (χ2v) is 10.6. The fourth-order valence-corrected chi connectivity index (χ4v) is 5.93. The number of aryl methyl sites for hydroxylation is 2. The summed E-state index contributed by atoms with van der Waals surface area (Å²) in [6.45, 7) is 4.85. The molecule has 1 saturated carbocycles. The van der Waals surface area contributed by atoms with Gasteiger partial charge in [-0.05, 0) is 88.1 Å². The van der Waals surface area contributed by atoms with Crippen LogP contribution in [0.3, 0.4) is 0 Å². The van der Waals surface area contributed by atoms with Crippen molar-refractivity contribution in [2.45, 2.75) is 90.0 Å². The molecule has 0 radical (unpaired) electrons. The van der Waals surface area contributed by atoms with Crippen LogP contribution in [0.15, 0.2) is 41.2 Å². The molecule has 39 heavy (non-hydrogen) atoms. The average Bonchev–Trinajstić information content (AvgIpc) is 2.88. The molecule has 0 atom stereocenters. The van der Waals surface area contributed by atoms with Gasteiger partial charge in [0, 0.05) is 54.2 Å². The zero-order chi connectivity index (χ0) is 28.0. The lowest BCUT2D eigenvalue weighted by Crippen LogP contribution is -2.43. The van der Waals surface area contributed by atoms with E-state index in [4.69, 9.17) is 0 Å². The number of nitrogens with one attached hydrogen (secondary N) is 3. The van der Waals surface area contributed by atoms with Gasteiger partial charge in [-0.25, -0.2) is 0 Å². The van der Waals surface area contributed by atoms with E-state index in [-0.39, 0.29) is 36.6 Å². The number of rotatable bonds is 6. The second-order valence-electron chi connectivity index (χ2n) is 10.6. The first-order chi connectivity index (χ1) is 18.7.